The third-order valence-electron chi connectivity index (χ3n) is 3.23. The van der Waals surface area contributed by atoms with E-state index >= 15 is 0 Å². The van der Waals surface area contributed by atoms with Crippen molar-refractivity contribution in [2.45, 2.75) is 44.2 Å². The summed E-state index contributed by atoms with van der Waals surface area (Å²) < 4.78 is 10.4. The van der Waals surface area contributed by atoms with Gasteiger partial charge in [-0.3, -0.25) is 14.9 Å². The second kappa shape index (κ2) is 6.49. The third kappa shape index (κ3) is 3.29. The number of carbonyl (C=O) groups is 1. The fraction of sp³-hybridized carbons (Fsp3) is 0.750. The van der Waals surface area contributed by atoms with Gasteiger partial charge < -0.3 is 9.47 Å². The lowest BCUT2D eigenvalue weighted by molar-refractivity contribution is -0.591. The topological polar surface area (TPSA) is 78.7 Å². The molecular formula is C12H19NO5. The van der Waals surface area contributed by atoms with Crippen LogP contribution < -0.4 is 0 Å². The van der Waals surface area contributed by atoms with Crippen molar-refractivity contribution in [2.75, 3.05) is 13.2 Å². The zero-order valence-corrected chi connectivity index (χ0v) is 10.6. The molecule has 6 heteroatoms. The molecule has 0 aromatic carbocycles. The van der Waals surface area contributed by atoms with Crippen LogP contribution in [-0.4, -0.2) is 35.7 Å². The van der Waals surface area contributed by atoms with E-state index in [2.05, 4.69) is 6.58 Å². The summed E-state index contributed by atoms with van der Waals surface area (Å²) in [5.41, 5.74) is -1.31. The Morgan fingerprint density at radius 3 is 2.89 bits per heavy atom. The summed E-state index contributed by atoms with van der Waals surface area (Å²) in [6, 6.07) is 0. The Morgan fingerprint density at radius 2 is 2.33 bits per heavy atom. The van der Waals surface area contributed by atoms with E-state index < -0.39 is 17.6 Å². The number of nitro groups is 1. The van der Waals surface area contributed by atoms with E-state index in [1.54, 1.807) is 6.08 Å². The van der Waals surface area contributed by atoms with E-state index in [-0.39, 0.29) is 18.1 Å². The van der Waals surface area contributed by atoms with Crippen molar-refractivity contribution >= 4 is 5.97 Å². The minimum Gasteiger partial charge on any atom is -0.458 e. The molecule has 0 saturated heterocycles. The van der Waals surface area contributed by atoms with Crippen molar-refractivity contribution in [2.24, 2.45) is 0 Å². The van der Waals surface area contributed by atoms with Gasteiger partial charge in [0.05, 0.1) is 6.61 Å². The third-order valence-corrected chi connectivity index (χ3v) is 3.23. The Hall–Kier alpha value is -1.43. The van der Waals surface area contributed by atoms with Crippen LogP contribution in [0.15, 0.2) is 12.7 Å². The molecule has 0 aliphatic heterocycles. The maximum Gasteiger partial charge on any atom is 0.302 e. The zero-order valence-electron chi connectivity index (χ0n) is 10.6. The van der Waals surface area contributed by atoms with Crippen LogP contribution in [0.2, 0.25) is 0 Å². The smallest absolute Gasteiger partial charge is 0.302 e. The fourth-order valence-corrected chi connectivity index (χ4v) is 2.27. The summed E-state index contributed by atoms with van der Waals surface area (Å²) in [5, 5.41) is 11.4. The highest BCUT2D eigenvalue weighted by molar-refractivity contribution is 5.65. The molecule has 0 heterocycles. The van der Waals surface area contributed by atoms with Crippen molar-refractivity contribution in [1.82, 2.24) is 0 Å². The van der Waals surface area contributed by atoms with Crippen LogP contribution in [0.25, 0.3) is 0 Å². The van der Waals surface area contributed by atoms with Gasteiger partial charge in [-0.05, 0) is 12.8 Å². The van der Waals surface area contributed by atoms with Gasteiger partial charge in [-0.25, -0.2) is 0 Å². The monoisotopic (exact) mass is 257 g/mol. The normalized spacial score (nSPS) is 27.5. The number of hydrogen-bond donors (Lipinski definition) is 0. The molecule has 1 saturated carbocycles. The van der Waals surface area contributed by atoms with Gasteiger partial charge in [-0.15, -0.1) is 6.58 Å². The molecule has 0 bridgehead atoms. The summed E-state index contributed by atoms with van der Waals surface area (Å²) in [6.45, 7) is 4.82. The van der Waals surface area contributed by atoms with Gasteiger partial charge in [0.15, 0.2) is 6.61 Å². The highest BCUT2D eigenvalue weighted by Crippen LogP contribution is 2.34. The summed E-state index contributed by atoms with van der Waals surface area (Å²) in [7, 11) is 0. The molecule has 18 heavy (non-hydrogen) atoms. The van der Waals surface area contributed by atoms with Crippen molar-refractivity contribution < 1.29 is 19.2 Å². The minimum atomic E-state index is -1.31. The first kappa shape index (κ1) is 14.6. The van der Waals surface area contributed by atoms with Gasteiger partial charge in [-0.1, -0.05) is 12.5 Å². The average molecular weight is 257 g/mol. The largest absolute Gasteiger partial charge is 0.458 e. The van der Waals surface area contributed by atoms with Gasteiger partial charge in [0, 0.05) is 18.3 Å². The van der Waals surface area contributed by atoms with E-state index in [1.165, 1.54) is 6.92 Å². The Bertz CT molecular complexity index is 330. The maximum absolute atomic E-state index is 11.4. The van der Waals surface area contributed by atoms with Crippen LogP contribution in [0.1, 0.15) is 32.6 Å². The lowest BCUT2D eigenvalue weighted by Crippen LogP contribution is -2.56. The first-order valence-electron chi connectivity index (χ1n) is 6.03. The highest BCUT2D eigenvalue weighted by Gasteiger charge is 2.53. The Kier molecular flexibility index (Phi) is 5.27. The second-order valence-corrected chi connectivity index (χ2v) is 4.50. The Morgan fingerprint density at radius 1 is 1.61 bits per heavy atom. The predicted octanol–water partition coefficient (Wildman–Crippen LogP) is 1.71. The van der Waals surface area contributed by atoms with E-state index in [9.17, 15) is 14.9 Å². The minimum absolute atomic E-state index is 0.225. The molecule has 0 aromatic rings. The van der Waals surface area contributed by atoms with Crippen LogP contribution in [0.5, 0.6) is 0 Å². The van der Waals surface area contributed by atoms with Gasteiger partial charge >= 0.3 is 5.97 Å². The molecule has 0 aromatic heterocycles. The first-order chi connectivity index (χ1) is 8.53. The highest BCUT2D eigenvalue weighted by atomic mass is 16.6. The summed E-state index contributed by atoms with van der Waals surface area (Å²) in [6.07, 6.45) is 3.64. The van der Waals surface area contributed by atoms with Crippen molar-refractivity contribution in [3.8, 4) is 0 Å². The Balaban J connectivity index is 2.84. The van der Waals surface area contributed by atoms with E-state index in [0.29, 0.717) is 12.8 Å². The quantitative estimate of drug-likeness (QED) is 0.313. The van der Waals surface area contributed by atoms with Crippen molar-refractivity contribution in [3.63, 3.8) is 0 Å². The summed E-state index contributed by atoms with van der Waals surface area (Å²) in [5.74, 6) is -0.510. The summed E-state index contributed by atoms with van der Waals surface area (Å²) >= 11 is 0. The zero-order chi connectivity index (χ0) is 13.6. The first-order valence-corrected chi connectivity index (χ1v) is 6.03. The molecule has 0 radical (unpaired) electrons. The Labute approximate surface area is 106 Å². The van der Waals surface area contributed by atoms with Gasteiger partial charge in [-0.2, -0.15) is 0 Å². The van der Waals surface area contributed by atoms with E-state index in [1.807, 2.05) is 0 Å². The standard InChI is InChI=1S/C12H19NO5/c1-3-8-17-11-6-4-5-7-12(11,13(15)16)9-18-10(2)14/h3,11H,1,4-9H2,2H3. The molecule has 1 aliphatic carbocycles. The molecule has 6 nitrogen and oxygen atoms in total. The number of ether oxygens (including phenoxy) is 2. The van der Waals surface area contributed by atoms with Gasteiger partial charge in [0.2, 0.25) is 0 Å². The number of esters is 1. The van der Waals surface area contributed by atoms with Crippen molar-refractivity contribution in [1.29, 1.82) is 0 Å². The molecule has 0 spiro atoms. The molecule has 0 amide bonds. The SMILES string of the molecule is C=CCOC1CCCCC1(COC(C)=O)[N+](=O)[O-]. The van der Waals surface area contributed by atoms with Crippen LogP contribution in [0, 0.1) is 10.1 Å². The lowest BCUT2D eigenvalue weighted by atomic mass is 9.80. The molecule has 2 atom stereocenters. The van der Waals surface area contributed by atoms with Gasteiger partial charge in [0.1, 0.15) is 6.10 Å². The molecule has 102 valence electrons. The van der Waals surface area contributed by atoms with Crippen LogP contribution >= 0.6 is 0 Å². The number of nitrogens with zero attached hydrogens (tertiary/aromatic N) is 1. The second-order valence-electron chi connectivity index (χ2n) is 4.50. The van der Waals surface area contributed by atoms with Crippen LogP contribution in [0.3, 0.4) is 0 Å². The maximum atomic E-state index is 11.4. The number of hydrogen-bond acceptors (Lipinski definition) is 5. The van der Waals surface area contributed by atoms with Crippen molar-refractivity contribution in [3.05, 3.63) is 22.8 Å². The fourth-order valence-electron chi connectivity index (χ4n) is 2.27. The molecule has 1 rings (SSSR count). The lowest BCUT2D eigenvalue weighted by Gasteiger charge is -2.35. The molecule has 1 aliphatic rings. The molecular weight excluding hydrogens is 238 g/mol. The predicted molar refractivity (Wildman–Crippen MR) is 64.8 cm³/mol. The summed E-state index contributed by atoms with van der Waals surface area (Å²) in [4.78, 5) is 21.9. The van der Waals surface area contributed by atoms with Gasteiger partial charge in [0.25, 0.3) is 5.54 Å². The van der Waals surface area contributed by atoms with Crippen LogP contribution in [0.4, 0.5) is 0 Å². The van der Waals surface area contributed by atoms with E-state index in [4.69, 9.17) is 9.47 Å². The number of carbonyl (C=O) groups excluding carboxylic acids is 1. The molecule has 0 N–H and O–H groups in total. The molecule has 2 unspecified atom stereocenters. The number of rotatable bonds is 6. The van der Waals surface area contributed by atoms with Crippen LogP contribution in [-0.2, 0) is 14.3 Å². The molecule has 1 fully saturated rings. The van der Waals surface area contributed by atoms with E-state index in [0.717, 1.165) is 12.8 Å². The average Bonchev–Trinajstić information content (AvgIpc) is 2.34.